The normalized spacial score (nSPS) is 30.8. The van der Waals surface area contributed by atoms with Gasteiger partial charge in [-0.25, -0.2) is 0 Å². The molecule has 6 nitrogen and oxygen atoms in total. The number of carbonyl (C=O) groups excluding carboxylic acids is 1. The van der Waals surface area contributed by atoms with E-state index >= 15 is 0 Å². The Kier molecular flexibility index (Phi) is 7.18. The number of carbonyl (C=O) groups is 1. The molecule has 1 aliphatic carbocycles. The van der Waals surface area contributed by atoms with Crippen molar-refractivity contribution in [3.8, 4) is 0 Å². The van der Waals surface area contributed by atoms with Crippen LogP contribution in [0.2, 0.25) is 0 Å². The van der Waals surface area contributed by atoms with Gasteiger partial charge in [0.1, 0.15) is 0 Å². The smallest absolute Gasteiger partial charge is 0.381 e. The molecule has 0 radical (unpaired) electrons. The second-order valence-corrected chi connectivity index (χ2v) is 9.93. The van der Waals surface area contributed by atoms with E-state index in [9.17, 15) is 18.0 Å². The van der Waals surface area contributed by atoms with E-state index in [1.165, 1.54) is 12.1 Å². The predicted octanol–water partition coefficient (Wildman–Crippen LogP) is 3.49. The number of anilines is 1. The lowest BCUT2D eigenvalue weighted by molar-refractivity contribution is -0.138. The van der Waals surface area contributed by atoms with Crippen LogP contribution in [0.15, 0.2) is 42.5 Å². The molecule has 0 bridgehead atoms. The number of allylic oxidation sites excluding steroid dienone is 3. The van der Waals surface area contributed by atoms with Gasteiger partial charge in [-0.05, 0) is 37.5 Å². The number of ether oxygens (including phenoxy) is 1. The van der Waals surface area contributed by atoms with Gasteiger partial charge in [0.15, 0.2) is 0 Å². The highest BCUT2D eigenvalue weighted by Crippen LogP contribution is 2.49. The molecule has 1 aromatic carbocycles. The van der Waals surface area contributed by atoms with Crippen LogP contribution in [0.1, 0.15) is 36.5 Å². The molecule has 35 heavy (non-hydrogen) atoms. The summed E-state index contributed by atoms with van der Waals surface area (Å²) < 4.78 is 46.9. The van der Waals surface area contributed by atoms with E-state index < -0.39 is 17.8 Å². The highest BCUT2D eigenvalue weighted by molar-refractivity contribution is 5.78. The molecule has 5 atom stereocenters. The molecule has 2 saturated heterocycles. The van der Waals surface area contributed by atoms with Crippen LogP contribution < -0.4 is 16.0 Å². The zero-order valence-corrected chi connectivity index (χ0v) is 19.7. The summed E-state index contributed by atoms with van der Waals surface area (Å²) in [6.07, 6.45) is 5.75. The molecule has 0 saturated carbocycles. The molecule has 5 rings (SSSR count). The minimum absolute atomic E-state index is 0.0419. The summed E-state index contributed by atoms with van der Waals surface area (Å²) in [7, 11) is 0. The van der Waals surface area contributed by atoms with Crippen LogP contribution in [0.25, 0.3) is 0 Å². The average molecular weight is 491 g/mol. The van der Waals surface area contributed by atoms with Gasteiger partial charge in [-0.1, -0.05) is 24.3 Å². The molecule has 3 aliphatic heterocycles. The van der Waals surface area contributed by atoms with E-state index in [4.69, 9.17) is 4.74 Å². The van der Waals surface area contributed by atoms with Crippen molar-refractivity contribution in [3.05, 3.63) is 53.6 Å². The number of nitrogens with one attached hydrogen (secondary N) is 3. The molecular formula is C26H33F3N4O2. The molecule has 4 aliphatic rings. The van der Waals surface area contributed by atoms with Crippen molar-refractivity contribution >= 4 is 11.6 Å². The van der Waals surface area contributed by atoms with Crippen molar-refractivity contribution in [2.45, 2.75) is 43.7 Å². The highest BCUT2D eigenvalue weighted by Gasteiger charge is 2.45. The SMILES string of the molecule is O=C(CN1CCNCC1)NC[C@H]1CC[C@@H]2[C@H](O1)c1cc(C(F)(F)F)ccc1N[C@H]2C1C=CC=CC1. The first-order valence-corrected chi connectivity index (χ1v) is 12.5. The van der Waals surface area contributed by atoms with Crippen LogP contribution in [0.3, 0.4) is 0 Å². The predicted molar refractivity (Wildman–Crippen MR) is 128 cm³/mol. The van der Waals surface area contributed by atoms with E-state index in [-0.39, 0.29) is 29.9 Å². The summed E-state index contributed by atoms with van der Waals surface area (Å²) >= 11 is 0. The van der Waals surface area contributed by atoms with E-state index in [1.807, 2.05) is 12.2 Å². The first kappa shape index (κ1) is 24.3. The summed E-state index contributed by atoms with van der Waals surface area (Å²) in [4.78, 5) is 14.6. The molecule has 190 valence electrons. The van der Waals surface area contributed by atoms with Gasteiger partial charge in [0.05, 0.1) is 24.3 Å². The summed E-state index contributed by atoms with van der Waals surface area (Å²) in [5.41, 5.74) is 0.606. The van der Waals surface area contributed by atoms with Gasteiger partial charge in [0.2, 0.25) is 5.91 Å². The van der Waals surface area contributed by atoms with Gasteiger partial charge in [-0.3, -0.25) is 9.69 Å². The Bertz CT molecular complexity index is 974. The molecule has 0 aromatic heterocycles. The van der Waals surface area contributed by atoms with Crippen LogP contribution in [0.5, 0.6) is 0 Å². The number of amides is 1. The Morgan fingerprint density at radius 2 is 2.00 bits per heavy atom. The van der Waals surface area contributed by atoms with Crippen molar-refractivity contribution in [1.29, 1.82) is 0 Å². The lowest BCUT2D eigenvalue weighted by atomic mass is 9.73. The van der Waals surface area contributed by atoms with Crippen molar-refractivity contribution in [2.24, 2.45) is 11.8 Å². The van der Waals surface area contributed by atoms with Crippen LogP contribution in [-0.4, -0.2) is 62.2 Å². The lowest BCUT2D eigenvalue weighted by Gasteiger charge is -2.47. The van der Waals surface area contributed by atoms with Gasteiger partial charge >= 0.3 is 6.18 Å². The molecule has 9 heteroatoms. The topological polar surface area (TPSA) is 65.6 Å². The lowest BCUT2D eigenvalue weighted by Crippen LogP contribution is -2.50. The average Bonchev–Trinajstić information content (AvgIpc) is 2.87. The van der Waals surface area contributed by atoms with Crippen molar-refractivity contribution in [3.63, 3.8) is 0 Å². The Hall–Kier alpha value is -2.36. The summed E-state index contributed by atoms with van der Waals surface area (Å²) in [5.74, 6) is 0.265. The Morgan fingerprint density at radius 1 is 1.17 bits per heavy atom. The fraction of sp³-hybridized carbons (Fsp3) is 0.577. The van der Waals surface area contributed by atoms with E-state index in [2.05, 4.69) is 33.0 Å². The zero-order chi connectivity index (χ0) is 24.4. The van der Waals surface area contributed by atoms with Gasteiger partial charge < -0.3 is 20.7 Å². The summed E-state index contributed by atoms with van der Waals surface area (Å²) in [6.45, 7) is 4.16. The van der Waals surface area contributed by atoms with Crippen molar-refractivity contribution < 1.29 is 22.7 Å². The third kappa shape index (κ3) is 5.57. The number of benzene rings is 1. The number of piperazine rings is 1. The number of halogens is 3. The van der Waals surface area contributed by atoms with E-state index in [0.717, 1.165) is 51.5 Å². The molecular weight excluding hydrogens is 457 g/mol. The quantitative estimate of drug-likeness (QED) is 0.590. The van der Waals surface area contributed by atoms with Crippen LogP contribution in [0, 0.1) is 11.8 Å². The summed E-state index contributed by atoms with van der Waals surface area (Å²) in [5, 5.41) is 9.80. The maximum atomic E-state index is 13.5. The van der Waals surface area contributed by atoms with Gasteiger partial charge in [0, 0.05) is 61.9 Å². The fourth-order valence-corrected chi connectivity index (χ4v) is 5.77. The molecule has 0 spiro atoms. The molecule has 3 N–H and O–H groups in total. The number of hydrogen-bond donors (Lipinski definition) is 3. The van der Waals surface area contributed by atoms with Gasteiger partial charge in [-0.2, -0.15) is 13.2 Å². The first-order chi connectivity index (χ1) is 16.9. The third-order valence-corrected chi connectivity index (χ3v) is 7.60. The van der Waals surface area contributed by atoms with Crippen LogP contribution >= 0.6 is 0 Å². The maximum absolute atomic E-state index is 13.5. The zero-order valence-electron chi connectivity index (χ0n) is 19.7. The Balaban J connectivity index is 1.30. The second-order valence-electron chi connectivity index (χ2n) is 9.93. The maximum Gasteiger partial charge on any atom is 0.416 e. The molecule has 1 amide bonds. The fourth-order valence-electron chi connectivity index (χ4n) is 5.77. The monoisotopic (exact) mass is 490 g/mol. The minimum Gasteiger partial charge on any atom is -0.381 e. The number of nitrogens with zero attached hydrogens (tertiary/aromatic N) is 1. The number of fused-ring (bicyclic) bond motifs is 3. The first-order valence-electron chi connectivity index (χ1n) is 12.5. The molecule has 2 fully saturated rings. The van der Waals surface area contributed by atoms with Gasteiger partial charge in [-0.15, -0.1) is 0 Å². The molecule has 1 aromatic rings. The Labute approximate surface area is 204 Å². The van der Waals surface area contributed by atoms with Crippen LogP contribution in [-0.2, 0) is 15.7 Å². The van der Waals surface area contributed by atoms with Gasteiger partial charge in [0.25, 0.3) is 0 Å². The summed E-state index contributed by atoms with van der Waals surface area (Å²) in [6, 6.07) is 3.98. The van der Waals surface area contributed by atoms with E-state index in [1.54, 1.807) is 0 Å². The third-order valence-electron chi connectivity index (χ3n) is 7.60. The minimum atomic E-state index is -4.41. The standard InChI is InChI=1S/C26H33F3N4O2/c27-26(28,29)18-6-9-22-21(14-18)25-20(24(32-22)17-4-2-1-3-5-17)8-7-19(35-25)15-31-23(34)16-33-12-10-30-11-13-33/h1-4,6,9,14,17,19-20,24-25,30,32H,5,7-8,10-13,15-16H2,(H,31,34)/t17?,19-,20+,24+,25+/m1/s1. The van der Waals surface area contributed by atoms with Crippen LogP contribution in [0.4, 0.5) is 18.9 Å². The second kappa shape index (κ2) is 10.3. The molecule has 1 unspecified atom stereocenters. The number of alkyl halides is 3. The number of hydrogen-bond acceptors (Lipinski definition) is 5. The highest BCUT2D eigenvalue weighted by atomic mass is 19.4. The Morgan fingerprint density at radius 3 is 2.74 bits per heavy atom. The van der Waals surface area contributed by atoms with E-state index in [0.29, 0.717) is 24.3 Å². The number of rotatable bonds is 5. The largest absolute Gasteiger partial charge is 0.416 e. The van der Waals surface area contributed by atoms with Crippen molar-refractivity contribution in [1.82, 2.24) is 15.5 Å². The van der Waals surface area contributed by atoms with Crippen molar-refractivity contribution in [2.75, 3.05) is 44.6 Å². The molecule has 3 heterocycles.